The van der Waals surface area contributed by atoms with Crippen molar-refractivity contribution < 1.29 is 9.53 Å². The molecular weight excluding hydrogens is 462 g/mol. The van der Waals surface area contributed by atoms with Crippen molar-refractivity contribution >= 4 is 5.91 Å². The third-order valence-electron chi connectivity index (χ3n) is 6.85. The molecule has 1 amide bonds. The summed E-state index contributed by atoms with van der Waals surface area (Å²) >= 11 is 0. The van der Waals surface area contributed by atoms with Gasteiger partial charge in [-0.25, -0.2) is 0 Å². The average molecular weight is 496 g/mol. The number of rotatable bonds is 8. The molecule has 1 N–H and O–H groups in total. The molecule has 2 heterocycles. The van der Waals surface area contributed by atoms with Crippen LogP contribution < -0.4 is 10.1 Å². The fourth-order valence-electron chi connectivity index (χ4n) is 4.72. The fraction of sp³-hybridized carbons (Fsp3) is 0.300. The van der Waals surface area contributed by atoms with Gasteiger partial charge in [0, 0.05) is 38.2 Å². The zero-order chi connectivity index (χ0) is 25.6. The molecule has 1 aliphatic rings. The number of hydrogen-bond donors (Lipinski definition) is 1. The number of ether oxygens (including phenoxy) is 1. The van der Waals surface area contributed by atoms with Crippen LogP contribution in [-0.4, -0.2) is 38.7 Å². The van der Waals surface area contributed by atoms with Crippen molar-refractivity contribution in [1.82, 2.24) is 25.0 Å². The summed E-state index contributed by atoms with van der Waals surface area (Å²) in [7, 11) is 0. The van der Waals surface area contributed by atoms with Gasteiger partial charge in [0.2, 0.25) is 0 Å². The molecule has 3 aromatic carbocycles. The number of aromatic nitrogens is 3. The summed E-state index contributed by atoms with van der Waals surface area (Å²) in [6.45, 7) is 7.95. The van der Waals surface area contributed by atoms with E-state index in [-0.39, 0.29) is 11.9 Å². The molecule has 0 saturated heterocycles. The molecule has 5 rings (SSSR count). The van der Waals surface area contributed by atoms with Crippen LogP contribution in [0.5, 0.6) is 5.75 Å². The van der Waals surface area contributed by atoms with Crippen molar-refractivity contribution in [2.24, 2.45) is 0 Å². The third-order valence-corrected chi connectivity index (χ3v) is 6.85. The Hall–Kier alpha value is -3.97. The molecule has 7 heteroatoms. The third kappa shape index (κ3) is 6.06. The smallest absolute Gasteiger partial charge is 0.252 e. The lowest BCUT2D eigenvalue weighted by Crippen LogP contribution is -2.30. The number of hydrogen-bond acceptors (Lipinski definition) is 5. The minimum Gasteiger partial charge on any atom is -0.489 e. The molecule has 0 saturated carbocycles. The zero-order valence-corrected chi connectivity index (χ0v) is 21.4. The summed E-state index contributed by atoms with van der Waals surface area (Å²) in [4.78, 5) is 15.3. The maximum atomic E-state index is 12.8. The molecule has 0 spiro atoms. The van der Waals surface area contributed by atoms with Gasteiger partial charge in [0.15, 0.2) is 5.82 Å². The van der Waals surface area contributed by atoms with E-state index in [2.05, 4.69) is 49.2 Å². The number of fused-ring (bicyclic) bond motifs is 1. The molecule has 4 aromatic rings. The van der Waals surface area contributed by atoms with E-state index < -0.39 is 0 Å². The van der Waals surface area contributed by atoms with Crippen molar-refractivity contribution in [2.75, 3.05) is 13.1 Å². The van der Waals surface area contributed by atoms with Crippen LogP contribution in [0.15, 0.2) is 78.9 Å². The summed E-state index contributed by atoms with van der Waals surface area (Å²) in [6.07, 6.45) is 0.823. The first-order valence-electron chi connectivity index (χ1n) is 12.8. The van der Waals surface area contributed by atoms with E-state index in [9.17, 15) is 4.79 Å². The Morgan fingerprint density at radius 3 is 2.46 bits per heavy atom. The summed E-state index contributed by atoms with van der Waals surface area (Å²) in [5, 5.41) is 12.0. The topological polar surface area (TPSA) is 72.3 Å². The number of nitrogens with one attached hydrogen (secondary N) is 1. The number of nitrogens with zero attached hydrogens (tertiary/aromatic N) is 4. The van der Waals surface area contributed by atoms with Crippen LogP contribution in [0.3, 0.4) is 0 Å². The van der Waals surface area contributed by atoms with Crippen molar-refractivity contribution in [3.63, 3.8) is 0 Å². The highest BCUT2D eigenvalue weighted by Gasteiger charge is 2.23. The Labute approximate surface area is 218 Å². The zero-order valence-electron chi connectivity index (χ0n) is 21.4. The van der Waals surface area contributed by atoms with Gasteiger partial charge in [-0.15, -0.1) is 10.2 Å². The predicted octanol–water partition coefficient (Wildman–Crippen LogP) is 4.71. The second kappa shape index (κ2) is 11.4. The lowest BCUT2D eigenvalue weighted by atomic mass is 10.1. The molecule has 0 radical (unpaired) electrons. The van der Waals surface area contributed by atoms with Crippen LogP contribution in [0.4, 0.5) is 0 Å². The molecule has 1 aromatic heterocycles. The first-order chi connectivity index (χ1) is 18.1. The number of benzene rings is 3. The standard InChI is InChI=1S/C30H33N5O2/c1-22-8-6-7-11-27(22)30(36)31-23(2)29-33-32-28-16-17-34(18-19-35(28)29)20-24-12-14-26(15-13-24)37-21-25-9-4-3-5-10-25/h3-15,23H,16-21H2,1-2H3,(H,31,36)/t23-/m1/s1. The van der Waals surface area contributed by atoms with Crippen molar-refractivity contribution in [2.45, 2.75) is 46.0 Å². The molecule has 190 valence electrons. The van der Waals surface area contributed by atoms with E-state index in [1.165, 1.54) is 5.56 Å². The summed E-state index contributed by atoms with van der Waals surface area (Å²) in [5.74, 6) is 2.56. The van der Waals surface area contributed by atoms with Crippen LogP contribution in [0.25, 0.3) is 0 Å². The molecule has 7 nitrogen and oxygen atoms in total. The monoisotopic (exact) mass is 495 g/mol. The van der Waals surface area contributed by atoms with Gasteiger partial charge in [0.1, 0.15) is 18.2 Å². The highest BCUT2D eigenvalue weighted by molar-refractivity contribution is 5.95. The Morgan fingerprint density at radius 2 is 1.68 bits per heavy atom. The Balaban J connectivity index is 1.16. The normalized spacial score (nSPS) is 14.4. The van der Waals surface area contributed by atoms with E-state index in [1.54, 1.807) is 0 Å². The number of aryl methyl sites for hydroxylation is 1. The van der Waals surface area contributed by atoms with Gasteiger partial charge in [0.25, 0.3) is 5.91 Å². The van der Waals surface area contributed by atoms with Crippen LogP contribution in [0.2, 0.25) is 0 Å². The maximum Gasteiger partial charge on any atom is 0.252 e. The van der Waals surface area contributed by atoms with E-state index in [4.69, 9.17) is 4.74 Å². The highest BCUT2D eigenvalue weighted by Crippen LogP contribution is 2.19. The molecule has 0 unspecified atom stereocenters. The lowest BCUT2D eigenvalue weighted by Gasteiger charge is -2.20. The van der Waals surface area contributed by atoms with Gasteiger partial charge in [-0.05, 0) is 48.7 Å². The van der Waals surface area contributed by atoms with E-state index in [0.29, 0.717) is 12.2 Å². The van der Waals surface area contributed by atoms with Crippen LogP contribution in [0.1, 0.15) is 51.7 Å². The number of carbonyl (C=O) groups excluding carboxylic acids is 1. The Bertz CT molecular complexity index is 1330. The fourth-order valence-corrected chi connectivity index (χ4v) is 4.72. The quantitative estimate of drug-likeness (QED) is 0.383. The molecule has 0 bridgehead atoms. The largest absolute Gasteiger partial charge is 0.489 e. The van der Waals surface area contributed by atoms with Gasteiger partial charge in [-0.1, -0.05) is 60.7 Å². The summed E-state index contributed by atoms with van der Waals surface area (Å²) in [6, 6.07) is 25.9. The Morgan fingerprint density at radius 1 is 0.919 bits per heavy atom. The molecule has 1 atom stereocenters. The van der Waals surface area contributed by atoms with Gasteiger partial charge in [0.05, 0.1) is 6.04 Å². The maximum absolute atomic E-state index is 12.8. The van der Waals surface area contributed by atoms with Crippen LogP contribution in [0, 0.1) is 6.92 Å². The van der Waals surface area contributed by atoms with Gasteiger partial charge < -0.3 is 14.6 Å². The highest BCUT2D eigenvalue weighted by atomic mass is 16.5. The second-order valence-electron chi connectivity index (χ2n) is 9.58. The first-order valence-corrected chi connectivity index (χ1v) is 12.8. The second-order valence-corrected chi connectivity index (χ2v) is 9.58. The average Bonchev–Trinajstić information content (AvgIpc) is 3.23. The number of carbonyl (C=O) groups is 1. The van der Waals surface area contributed by atoms with Crippen molar-refractivity contribution in [1.29, 1.82) is 0 Å². The van der Waals surface area contributed by atoms with Gasteiger partial charge in [-0.3, -0.25) is 9.69 Å². The van der Waals surface area contributed by atoms with E-state index in [1.807, 2.05) is 68.4 Å². The number of amides is 1. The van der Waals surface area contributed by atoms with Crippen LogP contribution >= 0.6 is 0 Å². The molecular formula is C30H33N5O2. The van der Waals surface area contributed by atoms with Crippen molar-refractivity contribution in [3.05, 3.63) is 113 Å². The molecule has 37 heavy (non-hydrogen) atoms. The Kier molecular flexibility index (Phi) is 7.61. The SMILES string of the molecule is Cc1ccccc1C(=O)N[C@H](C)c1nnc2n1CCN(Cc1ccc(OCc3ccccc3)cc1)CC2. The van der Waals surface area contributed by atoms with E-state index in [0.717, 1.165) is 61.1 Å². The first kappa shape index (κ1) is 24.7. The van der Waals surface area contributed by atoms with Gasteiger partial charge >= 0.3 is 0 Å². The summed E-state index contributed by atoms with van der Waals surface area (Å²) < 4.78 is 8.09. The minimum absolute atomic E-state index is 0.0885. The summed E-state index contributed by atoms with van der Waals surface area (Å²) in [5.41, 5.74) is 4.06. The van der Waals surface area contributed by atoms with Gasteiger partial charge in [-0.2, -0.15) is 0 Å². The predicted molar refractivity (Wildman–Crippen MR) is 143 cm³/mol. The lowest BCUT2D eigenvalue weighted by molar-refractivity contribution is 0.0937. The van der Waals surface area contributed by atoms with Crippen LogP contribution in [-0.2, 0) is 26.1 Å². The van der Waals surface area contributed by atoms with Crippen molar-refractivity contribution in [3.8, 4) is 5.75 Å². The molecule has 0 fully saturated rings. The minimum atomic E-state index is -0.233. The van der Waals surface area contributed by atoms with E-state index >= 15 is 0 Å². The molecule has 1 aliphatic heterocycles. The molecule has 0 aliphatic carbocycles.